The van der Waals surface area contributed by atoms with Crippen molar-refractivity contribution in [3.8, 4) is 6.07 Å². The lowest BCUT2D eigenvalue weighted by atomic mass is 9.93. The van der Waals surface area contributed by atoms with Gasteiger partial charge in [-0.2, -0.15) is 5.26 Å². The Balaban J connectivity index is 2.44. The van der Waals surface area contributed by atoms with Crippen molar-refractivity contribution in [1.29, 1.82) is 5.26 Å². The number of hydrogen-bond acceptors (Lipinski definition) is 2. The Morgan fingerprint density at radius 1 is 1.10 bits per heavy atom. The molecule has 108 valence electrons. The summed E-state index contributed by atoms with van der Waals surface area (Å²) in [7, 11) is 0. The average Bonchev–Trinajstić information content (AvgIpc) is 2.45. The topological polar surface area (TPSA) is 35.8 Å². The predicted molar refractivity (Wildman–Crippen MR) is 92.2 cm³/mol. The summed E-state index contributed by atoms with van der Waals surface area (Å²) in [6.07, 6.45) is 0. The number of hydrogen-bond donors (Lipinski definition) is 1. The third-order valence-corrected chi connectivity index (χ3v) is 4.78. The largest absolute Gasteiger partial charge is 0.364 e. The van der Waals surface area contributed by atoms with Gasteiger partial charge >= 0.3 is 0 Å². The van der Waals surface area contributed by atoms with Crippen molar-refractivity contribution in [2.24, 2.45) is 0 Å². The lowest BCUT2D eigenvalue weighted by molar-refractivity contribution is 0.707. The van der Waals surface area contributed by atoms with E-state index in [2.05, 4.69) is 27.3 Å². The predicted octanol–water partition coefficient (Wildman–Crippen LogP) is 6.26. The van der Waals surface area contributed by atoms with Crippen molar-refractivity contribution in [3.63, 3.8) is 0 Å². The molecule has 0 aliphatic heterocycles. The minimum absolute atomic E-state index is 0.476. The van der Waals surface area contributed by atoms with Gasteiger partial charge in [0, 0.05) is 25.8 Å². The maximum absolute atomic E-state index is 9.59. The van der Waals surface area contributed by atoms with Crippen LogP contribution >= 0.6 is 50.7 Å². The number of nitrogens with zero attached hydrogens (tertiary/aromatic N) is 1. The number of nitrogens with one attached hydrogen (secondary N) is 1. The Bertz CT molecular complexity index is 727. The van der Waals surface area contributed by atoms with Crippen molar-refractivity contribution in [3.05, 3.63) is 61.5 Å². The molecule has 6 heteroatoms. The van der Waals surface area contributed by atoms with Gasteiger partial charge in [0.15, 0.2) is 0 Å². The van der Waals surface area contributed by atoms with Gasteiger partial charge in [-0.25, -0.2) is 0 Å². The first kappa shape index (κ1) is 16.5. The molecule has 2 aromatic carbocycles. The molecule has 21 heavy (non-hydrogen) atoms. The third kappa shape index (κ3) is 3.64. The molecule has 0 spiro atoms. The second-order valence-electron chi connectivity index (χ2n) is 4.61. The molecule has 0 fully saturated rings. The maximum atomic E-state index is 9.59. The molecule has 0 radical (unpaired) electrons. The van der Waals surface area contributed by atoms with Crippen molar-refractivity contribution in [2.75, 3.05) is 5.32 Å². The Hall–Kier alpha value is -0.920. The van der Waals surface area contributed by atoms with E-state index >= 15 is 0 Å². The van der Waals surface area contributed by atoms with E-state index in [-0.39, 0.29) is 0 Å². The van der Waals surface area contributed by atoms with Crippen LogP contribution in [0.15, 0.2) is 40.9 Å². The molecule has 0 amide bonds. The van der Waals surface area contributed by atoms with Crippen LogP contribution in [0.25, 0.3) is 0 Å². The van der Waals surface area contributed by atoms with Crippen LogP contribution in [-0.4, -0.2) is 0 Å². The molecule has 0 saturated heterocycles. The number of anilines is 1. The van der Waals surface area contributed by atoms with E-state index in [4.69, 9.17) is 34.8 Å². The summed E-state index contributed by atoms with van der Waals surface area (Å²) in [4.78, 5) is 0. The van der Waals surface area contributed by atoms with E-state index in [0.717, 1.165) is 10.2 Å². The van der Waals surface area contributed by atoms with Gasteiger partial charge in [0.2, 0.25) is 0 Å². The monoisotopic (exact) mass is 402 g/mol. The summed E-state index contributed by atoms with van der Waals surface area (Å²) < 4.78 is 0.742. The smallest absolute Gasteiger partial charge is 0.149 e. The molecule has 1 unspecified atom stereocenters. The summed E-state index contributed by atoms with van der Waals surface area (Å²) in [5.74, 6) is 0. The van der Waals surface area contributed by atoms with Crippen LogP contribution in [0, 0.1) is 11.3 Å². The van der Waals surface area contributed by atoms with E-state index in [1.165, 1.54) is 0 Å². The quantitative estimate of drug-likeness (QED) is 0.655. The van der Waals surface area contributed by atoms with Crippen LogP contribution in [0.2, 0.25) is 15.1 Å². The number of halogens is 4. The minimum Gasteiger partial charge on any atom is -0.364 e. The van der Waals surface area contributed by atoms with E-state index in [1.807, 2.05) is 0 Å². The highest BCUT2D eigenvalue weighted by atomic mass is 79.9. The van der Waals surface area contributed by atoms with Crippen LogP contribution in [0.1, 0.15) is 12.5 Å². The molecular formula is C15H10BrCl3N2. The summed E-state index contributed by atoms with van der Waals surface area (Å²) in [6.45, 7) is 1.74. The minimum atomic E-state index is -1.02. The van der Waals surface area contributed by atoms with Gasteiger partial charge in [-0.15, -0.1) is 0 Å². The fourth-order valence-corrected chi connectivity index (χ4v) is 2.87. The molecule has 2 rings (SSSR count). The molecule has 1 atom stereocenters. The van der Waals surface area contributed by atoms with E-state index in [0.29, 0.717) is 20.6 Å². The molecule has 2 nitrogen and oxygen atoms in total. The summed E-state index contributed by atoms with van der Waals surface area (Å²) in [5, 5.41) is 14.3. The van der Waals surface area contributed by atoms with Gasteiger partial charge in [0.25, 0.3) is 0 Å². The highest BCUT2D eigenvalue weighted by molar-refractivity contribution is 9.10. The van der Waals surface area contributed by atoms with Gasteiger partial charge in [-0.05, 0) is 59.3 Å². The van der Waals surface area contributed by atoms with Crippen LogP contribution in [0.5, 0.6) is 0 Å². The van der Waals surface area contributed by atoms with E-state index in [9.17, 15) is 5.26 Å². The van der Waals surface area contributed by atoms with Crippen LogP contribution in [0.3, 0.4) is 0 Å². The molecular weight excluding hydrogens is 394 g/mol. The zero-order valence-electron chi connectivity index (χ0n) is 10.9. The number of nitriles is 1. The highest BCUT2D eigenvalue weighted by Crippen LogP contribution is 2.34. The number of rotatable bonds is 3. The molecule has 0 saturated carbocycles. The highest BCUT2D eigenvalue weighted by Gasteiger charge is 2.29. The molecule has 0 bridgehead atoms. The molecule has 0 aromatic heterocycles. The van der Waals surface area contributed by atoms with Crippen molar-refractivity contribution in [1.82, 2.24) is 0 Å². The lowest BCUT2D eigenvalue weighted by Gasteiger charge is -2.26. The first-order chi connectivity index (χ1) is 9.85. The van der Waals surface area contributed by atoms with Crippen molar-refractivity contribution in [2.45, 2.75) is 12.5 Å². The maximum Gasteiger partial charge on any atom is 0.149 e. The Morgan fingerprint density at radius 3 is 2.38 bits per heavy atom. The molecule has 2 aromatic rings. The summed E-state index contributed by atoms with van der Waals surface area (Å²) in [6, 6.07) is 12.6. The second-order valence-corrected chi connectivity index (χ2v) is 6.72. The van der Waals surface area contributed by atoms with Crippen LogP contribution < -0.4 is 5.32 Å². The molecule has 1 N–H and O–H groups in total. The second kappa shape index (κ2) is 6.46. The van der Waals surface area contributed by atoms with Crippen molar-refractivity contribution >= 4 is 56.4 Å². The summed E-state index contributed by atoms with van der Waals surface area (Å²) in [5.41, 5.74) is 0.339. The van der Waals surface area contributed by atoms with Crippen molar-refractivity contribution < 1.29 is 0 Å². The fraction of sp³-hybridized carbons (Fsp3) is 0.133. The Morgan fingerprint density at radius 2 is 1.76 bits per heavy atom. The van der Waals surface area contributed by atoms with E-state index in [1.54, 1.807) is 43.3 Å². The van der Waals surface area contributed by atoms with Gasteiger partial charge in [0.05, 0.1) is 11.1 Å². The molecule has 0 aliphatic carbocycles. The third-order valence-electron chi connectivity index (χ3n) is 3.00. The van der Waals surface area contributed by atoms with Gasteiger partial charge < -0.3 is 5.32 Å². The number of benzene rings is 2. The first-order valence-corrected chi connectivity index (χ1v) is 7.88. The lowest BCUT2D eigenvalue weighted by Crippen LogP contribution is -2.30. The van der Waals surface area contributed by atoms with Crippen LogP contribution in [-0.2, 0) is 5.54 Å². The zero-order chi connectivity index (χ0) is 15.6. The zero-order valence-corrected chi connectivity index (χ0v) is 14.8. The summed E-state index contributed by atoms with van der Waals surface area (Å²) >= 11 is 21.5. The molecule has 0 heterocycles. The Kier molecular flexibility index (Phi) is 5.06. The molecule has 0 aliphatic rings. The van der Waals surface area contributed by atoms with Crippen LogP contribution in [0.4, 0.5) is 5.69 Å². The Labute approximate surface area is 146 Å². The van der Waals surface area contributed by atoms with Gasteiger partial charge in [-0.1, -0.05) is 34.8 Å². The fourth-order valence-electron chi connectivity index (χ4n) is 1.90. The SMILES string of the molecule is CC(C#N)(Nc1ccc(Cl)c(Br)c1)c1cc(Cl)ccc1Cl. The van der Waals surface area contributed by atoms with Gasteiger partial charge in [-0.3, -0.25) is 0 Å². The average molecular weight is 405 g/mol. The van der Waals surface area contributed by atoms with E-state index < -0.39 is 5.54 Å². The van der Waals surface area contributed by atoms with Gasteiger partial charge in [0.1, 0.15) is 5.54 Å². The normalized spacial score (nSPS) is 13.3. The standard InChI is InChI=1S/C15H10BrCl3N2/c1-15(8-20,11-6-9(17)2-4-13(11)18)21-10-3-5-14(19)12(16)7-10/h2-7,21H,1H3. The first-order valence-electron chi connectivity index (χ1n) is 5.96.